The van der Waals surface area contributed by atoms with Gasteiger partial charge in [-0.05, 0) is 70.6 Å². The zero-order valence-electron chi connectivity index (χ0n) is 7.56. The van der Waals surface area contributed by atoms with Crippen LogP contribution in [-0.2, 0) is 6.54 Å². The Hall–Kier alpha value is 0.540. The molecule has 0 saturated carbocycles. The molecule has 0 fully saturated rings. The van der Waals surface area contributed by atoms with E-state index in [2.05, 4.69) is 73.9 Å². The molecule has 0 aliphatic heterocycles. The number of aryl methyl sites for hydroxylation is 1. The molecule has 7 heteroatoms. The van der Waals surface area contributed by atoms with E-state index in [9.17, 15) is 0 Å². The minimum absolute atomic E-state index is 0.753. The Morgan fingerprint density at radius 1 is 0.867 bits per heavy atom. The molecule has 0 saturated heterocycles. The van der Waals surface area contributed by atoms with Gasteiger partial charge in [0.25, 0.3) is 0 Å². The summed E-state index contributed by atoms with van der Waals surface area (Å²) in [5.41, 5.74) is 1.69. The second-order valence-electron chi connectivity index (χ2n) is 2.84. The van der Waals surface area contributed by atoms with E-state index in [0.29, 0.717) is 0 Å². The van der Waals surface area contributed by atoms with E-state index < -0.39 is 0 Å². The topological polar surface area (TPSA) is 30.7 Å². The largest absolute Gasteiger partial charge is 0.184 e. The van der Waals surface area contributed by atoms with Crippen LogP contribution in [0.2, 0.25) is 0 Å². The van der Waals surface area contributed by atoms with Crippen molar-refractivity contribution < 1.29 is 0 Å². The third-order valence-electron chi connectivity index (χ3n) is 1.93. The number of hydrogen-bond acceptors (Lipinski definition) is 2. The molecule has 0 aliphatic rings. The lowest BCUT2D eigenvalue weighted by molar-refractivity contribution is 0.578. The Kier molecular flexibility index (Phi) is 3.54. The predicted molar refractivity (Wildman–Crippen MR) is 74.0 cm³/mol. The van der Waals surface area contributed by atoms with Crippen molar-refractivity contribution in [2.45, 2.75) is 13.5 Å². The molecule has 2 rings (SSSR count). The van der Waals surface area contributed by atoms with Crippen molar-refractivity contribution in [3.8, 4) is 0 Å². The lowest BCUT2D eigenvalue weighted by Crippen LogP contribution is -1.97. The molecule has 0 atom stereocenters. The molecule has 0 spiro atoms. The molecule has 15 heavy (non-hydrogen) atoms. The van der Waals surface area contributed by atoms with Gasteiger partial charge in [-0.2, -0.15) is 15.0 Å². The van der Waals surface area contributed by atoms with Gasteiger partial charge in [0.15, 0.2) is 0 Å². The Balaban J connectivity index is 2.90. The van der Waals surface area contributed by atoms with Crippen molar-refractivity contribution in [1.29, 1.82) is 0 Å². The van der Waals surface area contributed by atoms with Gasteiger partial charge in [-0.3, -0.25) is 0 Å². The van der Waals surface area contributed by atoms with Crippen LogP contribution in [0.5, 0.6) is 0 Å². The molecular formula is C8H5Br4N3. The van der Waals surface area contributed by atoms with Crippen LogP contribution in [0.15, 0.2) is 17.9 Å². The maximum atomic E-state index is 4.37. The van der Waals surface area contributed by atoms with Crippen LogP contribution in [0, 0.1) is 0 Å². The molecule has 0 amide bonds. The minimum Gasteiger partial charge on any atom is -0.184 e. The first-order valence-electron chi connectivity index (χ1n) is 4.13. The maximum absolute atomic E-state index is 4.37. The van der Waals surface area contributed by atoms with Crippen LogP contribution in [0.1, 0.15) is 6.92 Å². The van der Waals surface area contributed by atoms with E-state index in [-0.39, 0.29) is 0 Å². The molecule has 0 radical (unpaired) electrons. The molecular weight excluding hydrogens is 458 g/mol. The molecule has 1 aromatic heterocycles. The molecule has 0 aliphatic carbocycles. The van der Waals surface area contributed by atoms with Gasteiger partial charge in [0.2, 0.25) is 0 Å². The van der Waals surface area contributed by atoms with Crippen molar-refractivity contribution in [1.82, 2.24) is 15.0 Å². The van der Waals surface area contributed by atoms with Crippen LogP contribution in [0.25, 0.3) is 11.0 Å². The fourth-order valence-corrected chi connectivity index (χ4v) is 3.42. The fraction of sp³-hybridized carbons (Fsp3) is 0.250. The number of benzene rings is 1. The van der Waals surface area contributed by atoms with Crippen molar-refractivity contribution in [3.63, 3.8) is 0 Å². The highest BCUT2D eigenvalue weighted by Gasteiger charge is 2.17. The van der Waals surface area contributed by atoms with E-state index in [0.717, 1.165) is 35.5 Å². The summed E-state index contributed by atoms with van der Waals surface area (Å²) in [6, 6.07) is 0. The first kappa shape index (κ1) is 12.0. The molecule has 0 unspecified atom stereocenters. The Morgan fingerprint density at radius 2 is 1.27 bits per heavy atom. The molecule has 2 aromatic rings. The number of nitrogens with zero attached hydrogens (tertiary/aromatic N) is 3. The second kappa shape index (κ2) is 4.43. The lowest BCUT2D eigenvalue weighted by Gasteiger charge is -2.02. The smallest absolute Gasteiger partial charge is 0.129 e. The zero-order chi connectivity index (χ0) is 11.2. The number of aromatic nitrogens is 3. The first-order valence-corrected chi connectivity index (χ1v) is 7.30. The molecule has 1 heterocycles. The molecule has 0 bridgehead atoms. The summed E-state index contributed by atoms with van der Waals surface area (Å²) in [7, 11) is 0. The average Bonchev–Trinajstić information content (AvgIpc) is 2.67. The quantitative estimate of drug-likeness (QED) is 0.461. The molecule has 80 valence electrons. The van der Waals surface area contributed by atoms with Crippen molar-refractivity contribution >= 4 is 74.8 Å². The van der Waals surface area contributed by atoms with Crippen LogP contribution < -0.4 is 0 Å². The summed E-state index contributed by atoms with van der Waals surface area (Å²) >= 11 is 14.0. The maximum Gasteiger partial charge on any atom is 0.129 e. The van der Waals surface area contributed by atoms with Crippen molar-refractivity contribution in [3.05, 3.63) is 17.9 Å². The molecule has 0 N–H and O–H groups in total. The van der Waals surface area contributed by atoms with Crippen LogP contribution >= 0.6 is 63.7 Å². The summed E-state index contributed by atoms with van der Waals surface area (Å²) in [6.45, 7) is 2.76. The predicted octanol–water partition coefficient (Wildman–Crippen LogP) is 4.50. The van der Waals surface area contributed by atoms with Crippen LogP contribution in [-0.4, -0.2) is 15.0 Å². The third kappa shape index (κ3) is 1.92. The fourth-order valence-electron chi connectivity index (χ4n) is 1.19. The number of hydrogen-bond donors (Lipinski definition) is 0. The highest BCUT2D eigenvalue weighted by atomic mass is 79.9. The Morgan fingerprint density at radius 3 is 1.60 bits per heavy atom. The minimum atomic E-state index is 0.753. The summed E-state index contributed by atoms with van der Waals surface area (Å²) in [5.74, 6) is 0. The van der Waals surface area contributed by atoms with Crippen LogP contribution in [0.4, 0.5) is 0 Å². The number of fused-ring (bicyclic) bond motifs is 1. The highest BCUT2D eigenvalue weighted by Crippen LogP contribution is 2.41. The van der Waals surface area contributed by atoms with Gasteiger partial charge >= 0.3 is 0 Å². The second-order valence-corrected chi connectivity index (χ2v) is 6.01. The average molecular weight is 463 g/mol. The zero-order valence-corrected chi connectivity index (χ0v) is 13.9. The first-order chi connectivity index (χ1) is 7.06. The van der Waals surface area contributed by atoms with Gasteiger partial charge in [0.1, 0.15) is 11.0 Å². The van der Waals surface area contributed by atoms with E-state index in [1.54, 1.807) is 4.80 Å². The van der Waals surface area contributed by atoms with Crippen molar-refractivity contribution in [2.75, 3.05) is 0 Å². The third-order valence-corrected chi connectivity index (χ3v) is 6.66. The van der Waals surface area contributed by atoms with Gasteiger partial charge in [-0.25, -0.2) is 0 Å². The number of halogens is 4. The summed E-state index contributed by atoms with van der Waals surface area (Å²) in [4.78, 5) is 1.67. The van der Waals surface area contributed by atoms with Gasteiger partial charge in [0.05, 0.1) is 15.5 Å². The van der Waals surface area contributed by atoms with Gasteiger partial charge < -0.3 is 0 Å². The summed E-state index contributed by atoms with van der Waals surface area (Å²) in [5, 5.41) is 8.74. The lowest BCUT2D eigenvalue weighted by atomic mass is 10.3. The van der Waals surface area contributed by atoms with Crippen molar-refractivity contribution in [2.24, 2.45) is 0 Å². The summed E-state index contributed by atoms with van der Waals surface area (Å²) < 4.78 is 3.69. The van der Waals surface area contributed by atoms with E-state index in [1.807, 2.05) is 6.92 Å². The normalized spacial score (nSPS) is 11.3. The van der Waals surface area contributed by atoms with E-state index in [4.69, 9.17) is 0 Å². The monoisotopic (exact) mass is 459 g/mol. The van der Waals surface area contributed by atoms with E-state index >= 15 is 0 Å². The SMILES string of the molecule is CCn1nc2c(Br)c(Br)c(Br)c(Br)c2n1. The standard InChI is InChI=1S/C8H5Br4N3/c1-2-15-13-7-5(11)3(9)4(10)6(12)8(7)14-15/h2H2,1H3. The summed E-state index contributed by atoms with van der Waals surface area (Å²) in [6.07, 6.45) is 0. The Bertz CT molecular complexity index is 489. The molecule has 3 nitrogen and oxygen atoms in total. The van der Waals surface area contributed by atoms with E-state index in [1.165, 1.54) is 0 Å². The van der Waals surface area contributed by atoms with Crippen LogP contribution in [0.3, 0.4) is 0 Å². The highest BCUT2D eigenvalue weighted by molar-refractivity contribution is 9.15. The molecule has 1 aromatic carbocycles. The van der Waals surface area contributed by atoms with Gasteiger partial charge in [0, 0.05) is 8.95 Å². The van der Waals surface area contributed by atoms with Gasteiger partial charge in [-0.1, -0.05) is 0 Å². The number of rotatable bonds is 1. The Labute approximate surface area is 120 Å². The van der Waals surface area contributed by atoms with Gasteiger partial charge in [-0.15, -0.1) is 0 Å².